The number of rotatable bonds is 3. The number of hydrogen-bond donors (Lipinski definition) is 1. The van der Waals surface area contributed by atoms with Gasteiger partial charge in [-0.15, -0.1) is 0 Å². The molecule has 2 rings (SSSR count). The lowest BCUT2D eigenvalue weighted by Gasteiger charge is -2.32. The Morgan fingerprint density at radius 3 is 2.00 bits per heavy atom. The maximum Gasteiger partial charge on any atom is 0.420 e. The molecule has 10 nitrogen and oxygen atoms in total. The van der Waals surface area contributed by atoms with Crippen molar-refractivity contribution in [1.82, 2.24) is 4.90 Å². The van der Waals surface area contributed by atoms with E-state index in [1.165, 1.54) is 0 Å². The smallest absolute Gasteiger partial charge is 0.420 e. The Labute approximate surface area is 200 Å². The molecule has 0 aromatic heterocycles. The van der Waals surface area contributed by atoms with Crippen molar-refractivity contribution in [3.05, 3.63) is 30.3 Å². The van der Waals surface area contributed by atoms with Gasteiger partial charge in [0.2, 0.25) is 0 Å². The molecule has 1 fully saturated rings. The van der Waals surface area contributed by atoms with Gasteiger partial charge in [-0.2, -0.15) is 4.90 Å². The number of aliphatic hydroxyl groups excluding tert-OH is 1. The highest BCUT2D eigenvalue weighted by Crippen LogP contribution is 2.22. The van der Waals surface area contributed by atoms with Gasteiger partial charge in [0.05, 0.1) is 13.2 Å². The Balaban J connectivity index is 2.32. The van der Waals surface area contributed by atoms with Crippen LogP contribution in [0.15, 0.2) is 30.3 Å². The van der Waals surface area contributed by atoms with Crippen molar-refractivity contribution in [1.29, 1.82) is 0 Å². The topological polar surface area (TPSA) is 121 Å². The zero-order valence-corrected chi connectivity index (χ0v) is 20.8. The average molecular weight is 482 g/mol. The third kappa shape index (κ3) is 8.18. The molecular formula is C24H35NO9. The van der Waals surface area contributed by atoms with Crippen LogP contribution in [0.25, 0.3) is 0 Å². The third-order valence-electron chi connectivity index (χ3n) is 4.49. The highest BCUT2D eigenvalue weighted by atomic mass is 16.6. The largest absolute Gasteiger partial charge is 0.484 e. The van der Waals surface area contributed by atoms with E-state index in [0.717, 1.165) is 0 Å². The van der Waals surface area contributed by atoms with Crippen LogP contribution in [0.2, 0.25) is 0 Å². The minimum absolute atomic E-state index is 0.231. The standard InChI is InChI=1S/C24H35NO9/c1-15-19(32-16-11-9-8-10-12-16)18(26)14-30-13-17(20(27)31-15)25(21(28)33-23(2,3)4)22(29)34-24(5,6)7/h8-12,15,17-19,26H,13-14H2,1-7H3. The summed E-state index contributed by atoms with van der Waals surface area (Å²) < 4.78 is 27.6. The van der Waals surface area contributed by atoms with Gasteiger partial charge in [0.25, 0.3) is 0 Å². The molecule has 1 aromatic carbocycles. The summed E-state index contributed by atoms with van der Waals surface area (Å²) in [5.74, 6) is -0.464. The minimum atomic E-state index is -1.50. The van der Waals surface area contributed by atoms with Crippen molar-refractivity contribution in [2.75, 3.05) is 13.2 Å². The zero-order valence-electron chi connectivity index (χ0n) is 20.8. The van der Waals surface area contributed by atoms with Gasteiger partial charge < -0.3 is 28.8 Å². The van der Waals surface area contributed by atoms with Crippen LogP contribution in [0.5, 0.6) is 5.75 Å². The fourth-order valence-electron chi connectivity index (χ4n) is 3.07. The van der Waals surface area contributed by atoms with E-state index in [1.54, 1.807) is 72.7 Å². The molecule has 34 heavy (non-hydrogen) atoms. The number of nitrogens with zero attached hydrogens (tertiary/aromatic N) is 1. The number of cyclic esters (lactones) is 1. The van der Waals surface area contributed by atoms with E-state index in [-0.39, 0.29) is 6.61 Å². The number of imide groups is 1. The Morgan fingerprint density at radius 1 is 0.971 bits per heavy atom. The molecule has 0 spiro atoms. The monoisotopic (exact) mass is 481 g/mol. The first-order valence-electron chi connectivity index (χ1n) is 11.1. The number of esters is 1. The lowest BCUT2D eigenvalue weighted by molar-refractivity contribution is -0.160. The summed E-state index contributed by atoms with van der Waals surface area (Å²) >= 11 is 0. The minimum Gasteiger partial charge on any atom is -0.484 e. The molecule has 1 N–H and O–H groups in total. The number of aliphatic hydroxyl groups is 1. The van der Waals surface area contributed by atoms with E-state index in [1.807, 2.05) is 6.07 Å². The predicted octanol–water partition coefficient (Wildman–Crippen LogP) is 3.30. The van der Waals surface area contributed by atoms with Crippen LogP contribution in [-0.4, -0.2) is 76.9 Å². The first kappa shape index (κ1) is 27.4. The molecule has 4 unspecified atom stereocenters. The van der Waals surface area contributed by atoms with Gasteiger partial charge in [-0.25, -0.2) is 14.4 Å². The number of ether oxygens (including phenoxy) is 5. The molecule has 1 aliphatic heterocycles. The van der Waals surface area contributed by atoms with Gasteiger partial charge in [0.1, 0.15) is 29.2 Å². The second-order valence-corrected chi connectivity index (χ2v) is 9.99. The van der Waals surface area contributed by atoms with E-state index in [2.05, 4.69) is 0 Å². The van der Waals surface area contributed by atoms with Gasteiger partial charge in [-0.1, -0.05) is 18.2 Å². The Kier molecular flexibility index (Phi) is 8.90. The zero-order chi connectivity index (χ0) is 25.7. The SMILES string of the molecule is CC1OC(=O)C(N(C(=O)OC(C)(C)C)C(=O)OC(C)(C)C)COCC(O)C1Oc1ccccc1. The van der Waals surface area contributed by atoms with Crippen molar-refractivity contribution >= 4 is 18.2 Å². The lowest BCUT2D eigenvalue weighted by Crippen LogP contribution is -2.54. The first-order chi connectivity index (χ1) is 15.7. The van der Waals surface area contributed by atoms with Gasteiger partial charge in [0, 0.05) is 0 Å². The number of carbonyl (C=O) groups is 3. The van der Waals surface area contributed by atoms with Crippen LogP contribution in [0.1, 0.15) is 48.5 Å². The maximum absolute atomic E-state index is 13.1. The normalized spacial score (nSPS) is 24.1. The van der Waals surface area contributed by atoms with E-state index in [9.17, 15) is 19.5 Å². The van der Waals surface area contributed by atoms with E-state index in [4.69, 9.17) is 23.7 Å². The van der Waals surface area contributed by atoms with E-state index in [0.29, 0.717) is 10.6 Å². The molecule has 4 atom stereocenters. The second kappa shape index (κ2) is 11.1. The highest BCUT2D eigenvalue weighted by molar-refractivity contribution is 5.94. The molecular weight excluding hydrogens is 446 g/mol. The maximum atomic E-state index is 13.1. The summed E-state index contributed by atoms with van der Waals surface area (Å²) in [6.45, 7) is 10.6. The second-order valence-electron chi connectivity index (χ2n) is 9.99. The van der Waals surface area contributed by atoms with Crippen LogP contribution in [0.3, 0.4) is 0 Å². The van der Waals surface area contributed by atoms with E-state index >= 15 is 0 Å². The van der Waals surface area contributed by atoms with Crippen LogP contribution < -0.4 is 4.74 Å². The number of amides is 2. The van der Waals surface area contributed by atoms with Crippen molar-refractivity contribution < 1.29 is 43.2 Å². The van der Waals surface area contributed by atoms with Crippen molar-refractivity contribution in [2.24, 2.45) is 0 Å². The van der Waals surface area contributed by atoms with Crippen LogP contribution in [0.4, 0.5) is 9.59 Å². The molecule has 0 saturated carbocycles. The summed E-state index contributed by atoms with van der Waals surface area (Å²) in [6, 6.07) is 7.23. The lowest BCUT2D eigenvalue weighted by atomic mass is 10.1. The third-order valence-corrected chi connectivity index (χ3v) is 4.49. The molecule has 1 aromatic rings. The summed E-state index contributed by atoms with van der Waals surface area (Å²) in [6.07, 6.45) is -5.22. The Bertz CT molecular complexity index is 816. The molecule has 0 bridgehead atoms. The molecule has 190 valence electrons. The molecule has 1 aliphatic rings. The molecule has 1 saturated heterocycles. The summed E-state index contributed by atoms with van der Waals surface area (Å²) in [7, 11) is 0. The molecule has 0 aliphatic carbocycles. The van der Waals surface area contributed by atoms with Crippen molar-refractivity contribution in [3.63, 3.8) is 0 Å². The van der Waals surface area contributed by atoms with Crippen LogP contribution in [-0.2, 0) is 23.7 Å². The number of benzene rings is 1. The van der Waals surface area contributed by atoms with E-state index < -0.39 is 60.3 Å². The van der Waals surface area contributed by atoms with Crippen LogP contribution >= 0.6 is 0 Å². The Hall–Kier alpha value is -2.85. The highest BCUT2D eigenvalue weighted by Gasteiger charge is 2.44. The quantitative estimate of drug-likeness (QED) is 0.512. The average Bonchev–Trinajstić information content (AvgIpc) is 2.72. The fourth-order valence-corrected chi connectivity index (χ4v) is 3.07. The number of carbonyl (C=O) groups excluding carboxylic acids is 3. The van der Waals surface area contributed by atoms with Crippen molar-refractivity contribution in [3.8, 4) is 5.75 Å². The predicted molar refractivity (Wildman–Crippen MR) is 121 cm³/mol. The molecule has 0 radical (unpaired) electrons. The number of para-hydroxylation sites is 1. The van der Waals surface area contributed by atoms with Gasteiger partial charge >= 0.3 is 18.2 Å². The molecule has 10 heteroatoms. The van der Waals surface area contributed by atoms with Gasteiger partial charge in [0.15, 0.2) is 12.1 Å². The van der Waals surface area contributed by atoms with Gasteiger partial charge in [-0.05, 0) is 60.6 Å². The first-order valence-corrected chi connectivity index (χ1v) is 11.1. The summed E-state index contributed by atoms with van der Waals surface area (Å²) in [4.78, 5) is 39.5. The molecule has 1 heterocycles. The summed E-state index contributed by atoms with van der Waals surface area (Å²) in [5.41, 5.74) is -1.89. The number of hydrogen-bond acceptors (Lipinski definition) is 9. The summed E-state index contributed by atoms with van der Waals surface area (Å²) in [5, 5.41) is 10.6. The Morgan fingerprint density at radius 2 is 1.50 bits per heavy atom. The molecule has 2 amide bonds. The van der Waals surface area contributed by atoms with Crippen molar-refractivity contribution in [2.45, 2.75) is 84.0 Å². The van der Waals surface area contributed by atoms with Gasteiger partial charge in [-0.3, -0.25) is 0 Å². The van der Waals surface area contributed by atoms with Crippen LogP contribution in [0, 0.1) is 0 Å². The fraction of sp³-hybridized carbons (Fsp3) is 0.625.